The minimum absolute atomic E-state index is 0. The molecule has 0 saturated heterocycles. The van der Waals surface area contributed by atoms with Gasteiger partial charge in [0.1, 0.15) is 0 Å². The van der Waals surface area contributed by atoms with Gasteiger partial charge >= 0.3 is 0 Å². The average Bonchev–Trinajstić information content (AvgIpc) is 2.84. The maximum atomic E-state index is 12.1. The van der Waals surface area contributed by atoms with E-state index in [9.17, 15) is 4.79 Å². The second-order valence-corrected chi connectivity index (χ2v) is 5.93. The van der Waals surface area contributed by atoms with Gasteiger partial charge in [-0.2, -0.15) is 0 Å². The van der Waals surface area contributed by atoms with E-state index in [4.69, 9.17) is 5.73 Å². The van der Waals surface area contributed by atoms with E-state index >= 15 is 0 Å². The highest BCUT2D eigenvalue weighted by Gasteiger charge is 2.34. The summed E-state index contributed by atoms with van der Waals surface area (Å²) in [7, 11) is 0. The molecule has 1 aliphatic rings. The van der Waals surface area contributed by atoms with Gasteiger partial charge in [-0.05, 0) is 19.3 Å². The molecule has 1 fully saturated rings. The van der Waals surface area contributed by atoms with E-state index in [1.807, 2.05) is 5.38 Å². The highest BCUT2D eigenvalue weighted by Crippen LogP contribution is 2.26. The van der Waals surface area contributed by atoms with Crippen LogP contribution in [0.4, 0.5) is 0 Å². The van der Waals surface area contributed by atoms with E-state index in [1.165, 1.54) is 6.42 Å². The third-order valence-corrected chi connectivity index (χ3v) is 4.57. The molecule has 1 saturated carbocycles. The molecule has 0 aromatic carbocycles. The van der Waals surface area contributed by atoms with Crippen molar-refractivity contribution in [1.29, 1.82) is 0 Å². The van der Waals surface area contributed by atoms with Crippen LogP contribution in [-0.4, -0.2) is 16.4 Å². The molecule has 1 heterocycles. The molecule has 1 aromatic heterocycles. The highest BCUT2D eigenvalue weighted by atomic mass is 35.5. The lowest BCUT2D eigenvalue weighted by Gasteiger charge is -2.31. The van der Waals surface area contributed by atoms with E-state index < -0.39 is 5.54 Å². The van der Waals surface area contributed by atoms with Crippen LogP contribution in [0, 0.1) is 0 Å². The zero-order chi connectivity index (χ0) is 13.0. The van der Waals surface area contributed by atoms with Crippen LogP contribution in [0.5, 0.6) is 0 Å². The summed E-state index contributed by atoms with van der Waals surface area (Å²) in [6.45, 7) is 2.58. The Hall–Kier alpha value is -0.360. The Morgan fingerprint density at radius 3 is 2.60 bits per heavy atom. The fourth-order valence-electron chi connectivity index (χ4n) is 2.35. The topological polar surface area (TPSA) is 68.0 Å². The van der Waals surface area contributed by atoms with Gasteiger partial charge in [-0.25, -0.2) is 4.98 Å². The molecule has 4 nitrogen and oxygen atoms in total. The van der Waals surface area contributed by atoms with Crippen molar-refractivity contribution in [2.24, 2.45) is 5.73 Å². The average molecular weight is 340 g/mol. The lowest BCUT2D eigenvalue weighted by molar-refractivity contribution is -0.127. The van der Waals surface area contributed by atoms with Crippen molar-refractivity contribution < 1.29 is 4.79 Å². The fraction of sp³-hybridized carbons (Fsp3) is 0.692. The van der Waals surface area contributed by atoms with Crippen LogP contribution in [-0.2, 0) is 17.8 Å². The number of rotatable bonds is 4. The van der Waals surface area contributed by atoms with E-state index in [-0.39, 0.29) is 30.7 Å². The van der Waals surface area contributed by atoms with Crippen molar-refractivity contribution in [3.8, 4) is 0 Å². The second kappa shape index (κ2) is 8.82. The zero-order valence-corrected chi connectivity index (χ0v) is 14.1. The number of nitrogens with zero attached hydrogens (tertiary/aromatic N) is 1. The molecule has 2 rings (SSSR count). The van der Waals surface area contributed by atoms with Crippen molar-refractivity contribution in [1.82, 2.24) is 10.3 Å². The van der Waals surface area contributed by atoms with Gasteiger partial charge in [0.2, 0.25) is 5.91 Å². The van der Waals surface area contributed by atoms with Crippen molar-refractivity contribution in [2.75, 3.05) is 0 Å². The highest BCUT2D eigenvalue weighted by molar-refractivity contribution is 7.09. The van der Waals surface area contributed by atoms with Gasteiger partial charge in [-0.3, -0.25) is 4.79 Å². The first kappa shape index (κ1) is 19.6. The number of aryl methyl sites for hydroxylation is 1. The molecule has 116 valence electrons. The molecular weight excluding hydrogens is 317 g/mol. The van der Waals surface area contributed by atoms with Crippen molar-refractivity contribution in [3.05, 3.63) is 16.1 Å². The fourth-order valence-corrected chi connectivity index (χ4v) is 3.09. The standard InChI is InChI=1S/C13H21N3OS.2ClH/c1-2-11-16-10(9-18-11)8-15-12(17)13(14)6-4-3-5-7-13;;/h9H,2-8,14H2,1H3,(H,15,17);2*1H. The number of aromatic nitrogens is 1. The summed E-state index contributed by atoms with van der Waals surface area (Å²) in [5.74, 6) is -0.0201. The van der Waals surface area contributed by atoms with Crippen LogP contribution in [0.1, 0.15) is 49.7 Å². The molecule has 0 radical (unpaired) electrons. The van der Waals surface area contributed by atoms with Crippen LogP contribution in [0.25, 0.3) is 0 Å². The maximum absolute atomic E-state index is 12.1. The van der Waals surface area contributed by atoms with E-state index in [1.54, 1.807) is 11.3 Å². The van der Waals surface area contributed by atoms with Gasteiger partial charge in [0.25, 0.3) is 0 Å². The van der Waals surface area contributed by atoms with Crippen LogP contribution in [0.2, 0.25) is 0 Å². The Kier molecular flexibility index (Phi) is 8.66. The van der Waals surface area contributed by atoms with E-state index in [0.717, 1.165) is 42.8 Å². The van der Waals surface area contributed by atoms with Crippen molar-refractivity contribution in [3.63, 3.8) is 0 Å². The third-order valence-electron chi connectivity index (χ3n) is 3.53. The largest absolute Gasteiger partial charge is 0.349 e. The van der Waals surface area contributed by atoms with Crippen LogP contribution in [0.15, 0.2) is 5.38 Å². The number of thiazole rings is 1. The number of halogens is 2. The van der Waals surface area contributed by atoms with E-state index in [0.29, 0.717) is 6.54 Å². The predicted molar refractivity (Wildman–Crippen MR) is 87.8 cm³/mol. The second-order valence-electron chi connectivity index (χ2n) is 4.99. The zero-order valence-electron chi connectivity index (χ0n) is 11.7. The first-order chi connectivity index (χ1) is 8.64. The minimum Gasteiger partial charge on any atom is -0.349 e. The molecular formula is C13H23Cl2N3OS. The first-order valence-corrected chi connectivity index (χ1v) is 7.52. The Labute approximate surface area is 136 Å². The number of amides is 1. The number of nitrogens with two attached hydrogens (primary N) is 1. The molecule has 0 aliphatic heterocycles. The molecule has 0 spiro atoms. The molecule has 1 aliphatic carbocycles. The Balaban J connectivity index is 0.00000180. The smallest absolute Gasteiger partial charge is 0.240 e. The van der Waals surface area contributed by atoms with Gasteiger partial charge in [-0.1, -0.05) is 26.2 Å². The molecule has 7 heteroatoms. The Morgan fingerprint density at radius 1 is 1.40 bits per heavy atom. The minimum atomic E-state index is -0.651. The molecule has 1 aromatic rings. The monoisotopic (exact) mass is 339 g/mol. The number of nitrogens with one attached hydrogen (secondary N) is 1. The quantitative estimate of drug-likeness (QED) is 0.886. The molecule has 3 N–H and O–H groups in total. The third kappa shape index (κ3) is 4.88. The first-order valence-electron chi connectivity index (χ1n) is 6.64. The SMILES string of the molecule is CCc1nc(CNC(=O)C2(N)CCCCC2)cs1.Cl.Cl. The van der Waals surface area contributed by atoms with Gasteiger partial charge in [0.15, 0.2) is 0 Å². The predicted octanol–water partition coefficient (Wildman–Crippen LogP) is 2.83. The summed E-state index contributed by atoms with van der Waals surface area (Å²) in [4.78, 5) is 16.5. The summed E-state index contributed by atoms with van der Waals surface area (Å²) >= 11 is 1.64. The number of carbonyl (C=O) groups is 1. The van der Waals surface area contributed by atoms with Crippen LogP contribution in [0.3, 0.4) is 0 Å². The lowest BCUT2D eigenvalue weighted by atomic mass is 9.82. The number of hydrogen-bond acceptors (Lipinski definition) is 4. The molecule has 1 amide bonds. The normalized spacial score (nSPS) is 16.7. The lowest BCUT2D eigenvalue weighted by Crippen LogP contribution is -2.54. The van der Waals surface area contributed by atoms with Gasteiger partial charge in [0.05, 0.1) is 22.8 Å². The molecule has 20 heavy (non-hydrogen) atoms. The summed E-state index contributed by atoms with van der Waals surface area (Å²) in [5, 5.41) is 6.04. The van der Waals surface area contributed by atoms with Gasteiger partial charge in [0, 0.05) is 5.38 Å². The summed E-state index contributed by atoms with van der Waals surface area (Å²) < 4.78 is 0. The van der Waals surface area contributed by atoms with Crippen LogP contribution < -0.4 is 11.1 Å². The van der Waals surface area contributed by atoms with Crippen LogP contribution >= 0.6 is 36.2 Å². The summed E-state index contributed by atoms with van der Waals surface area (Å²) in [6.07, 6.45) is 5.85. The number of carbonyl (C=O) groups excluding carboxylic acids is 1. The number of hydrogen-bond donors (Lipinski definition) is 2. The summed E-state index contributed by atoms with van der Waals surface area (Å²) in [6, 6.07) is 0. The van der Waals surface area contributed by atoms with Crippen molar-refractivity contribution >= 4 is 42.1 Å². The van der Waals surface area contributed by atoms with Gasteiger partial charge < -0.3 is 11.1 Å². The Morgan fingerprint density at radius 2 is 2.05 bits per heavy atom. The maximum Gasteiger partial charge on any atom is 0.240 e. The summed E-state index contributed by atoms with van der Waals surface area (Å²) in [5.41, 5.74) is 6.45. The Bertz CT molecular complexity index is 420. The molecule has 0 bridgehead atoms. The molecule has 0 atom stereocenters. The van der Waals surface area contributed by atoms with Gasteiger partial charge in [-0.15, -0.1) is 36.2 Å². The van der Waals surface area contributed by atoms with E-state index in [2.05, 4.69) is 17.2 Å². The molecule has 0 unspecified atom stereocenters. The van der Waals surface area contributed by atoms with Crippen molar-refractivity contribution in [2.45, 2.75) is 57.5 Å².